The van der Waals surface area contributed by atoms with Crippen molar-refractivity contribution in [2.75, 3.05) is 26.5 Å². The fraction of sp³-hybridized carbons (Fsp3) is 0.300. The number of carbonyl (C=O) groups is 1. The second-order valence-corrected chi connectivity index (χ2v) is 7.53. The third kappa shape index (κ3) is 4.76. The summed E-state index contributed by atoms with van der Waals surface area (Å²) in [5.41, 5.74) is 1.90. The van der Waals surface area contributed by atoms with Gasteiger partial charge in [0.2, 0.25) is 0 Å². The van der Waals surface area contributed by atoms with Crippen LogP contribution in [0.4, 0.5) is 0 Å². The van der Waals surface area contributed by atoms with E-state index in [0.717, 1.165) is 18.8 Å². The van der Waals surface area contributed by atoms with E-state index in [0.29, 0.717) is 10.9 Å². The number of esters is 1. The molecule has 0 fully saturated rings. The van der Waals surface area contributed by atoms with Crippen LogP contribution in [-0.4, -0.2) is 52.3 Å². The molecule has 7 nitrogen and oxygen atoms in total. The molecule has 2 aromatic heterocycles. The van der Waals surface area contributed by atoms with E-state index in [1.54, 1.807) is 6.92 Å². The maximum atomic E-state index is 12.5. The Morgan fingerprint density at radius 2 is 2.00 bits per heavy atom. The summed E-state index contributed by atoms with van der Waals surface area (Å²) in [6.45, 7) is 3.43. The van der Waals surface area contributed by atoms with Gasteiger partial charge in [0.15, 0.2) is 10.8 Å². The molecule has 28 heavy (non-hydrogen) atoms. The molecule has 0 saturated heterocycles. The van der Waals surface area contributed by atoms with Crippen LogP contribution in [0.5, 0.6) is 0 Å². The van der Waals surface area contributed by atoms with Gasteiger partial charge >= 0.3 is 5.97 Å². The number of benzene rings is 1. The number of hydrogen-bond acceptors (Lipinski definition) is 7. The zero-order chi connectivity index (χ0) is 20.1. The second kappa shape index (κ2) is 8.99. The van der Waals surface area contributed by atoms with E-state index in [1.807, 2.05) is 18.2 Å². The molecule has 0 bridgehead atoms. The van der Waals surface area contributed by atoms with E-state index >= 15 is 0 Å². The van der Waals surface area contributed by atoms with Crippen molar-refractivity contribution in [3.63, 3.8) is 0 Å². The Balaban J connectivity index is 1.72. The molecular weight excluding hydrogens is 376 g/mol. The van der Waals surface area contributed by atoms with Crippen molar-refractivity contribution in [2.45, 2.75) is 18.6 Å². The topological polar surface area (TPSA) is 88.2 Å². The number of thioether (sulfide) groups is 1. The van der Waals surface area contributed by atoms with Gasteiger partial charge in [0.05, 0.1) is 18.1 Å². The molecule has 0 unspecified atom stereocenters. The van der Waals surface area contributed by atoms with Gasteiger partial charge < -0.3 is 14.6 Å². The highest BCUT2D eigenvalue weighted by Crippen LogP contribution is 2.18. The van der Waals surface area contributed by atoms with Gasteiger partial charge in [0.1, 0.15) is 0 Å². The Morgan fingerprint density at radius 1 is 1.25 bits per heavy atom. The average molecular weight is 398 g/mol. The van der Waals surface area contributed by atoms with Crippen LogP contribution in [0.15, 0.2) is 46.3 Å². The molecule has 0 spiro atoms. The summed E-state index contributed by atoms with van der Waals surface area (Å²) in [6, 6.07) is 11.8. The van der Waals surface area contributed by atoms with Crippen LogP contribution < -0.4 is 5.56 Å². The Bertz CT molecular complexity index is 1040. The summed E-state index contributed by atoms with van der Waals surface area (Å²) in [7, 11) is 3.33. The smallest absolute Gasteiger partial charge is 0.338 e. The minimum Gasteiger partial charge on any atom is -0.465 e. The average Bonchev–Trinajstić information content (AvgIpc) is 2.67. The van der Waals surface area contributed by atoms with Crippen molar-refractivity contribution in [3.05, 3.63) is 63.6 Å². The molecule has 0 amide bonds. The number of rotatable bonds is 7. The van der Waals surface area contributed by atoms with Crippen LogP contribution in [0.25, 0.3) is 11.0 Å². The van der Waals surface area contributed by atoms with Crippen molar-refractivity contribution in [1.29, 1.82) is 0 Å². The molecule has 1 aromatic carbocycles. The van der Waals surface area contributed by atoms with Crippen LogP contribution >= 0.6 is 11.8 Å². The number of fused-ring (bicyclic) bond motifs is 1. The van der Waals surface area contributed by atoms with E-state index in [9.17, 15) is 9.59 Å². The molecule has 0 radical (unpaired) electrons. The number of aromatic nitrogens is 3. The Hall–Kier alpha value is -2.71. The standard InChI is InChI=1S/C20H22N4O3S/c1-13-11-15(19(26)27-3)16-17(21-13)22-20(23-18(16)25)28-10-9-24(2)12-14-7-5-4-6-8-14/h4-8,11H,9-10,12H2,1-3H3,(H,21,22,23,25). The molecule has 3 aromatic rings. The highest BCUT2D eigenvalue weighted by atomic mass is 32.2. The van der Waals surface area contributed by atoms with Crippen LogP contribution in [-0.2, 0) is 11.3 Å². The van der Waals surface area contributed by atoms with Gasteiger partial charge in [-0.15, -0.1) is 0 Å². The molecule has 0 aliphatic heterocycles. The molecule has 0 aliphatic carbocycles. The van der Waals surface area contributed by atoms with Crippen molar-refractivity contribution in [3.8, 4) is 0 Å². The zero-order valence-corrected chi connectivity index (χ0v) is 16.9. The Kier molecular flexibility index (Phi) is 6.43. The van der Waals surface area contributed by atoms with Crippen LogP contribution in [0.3, 0.4) is 0 Å². The number of ether oxygens (including phenoxy) is 1. The predicted octanol–water partition coefficient (Wildman–Crippen LogP) is 2.64. The molecule has 8 heteroatoms. The molecule has 3 rings (SSSR count). The number of carbonyl (C=O) groups excluding carboxylic acids is 1. The van der Waals surface area contributed by atoms with Crippen molar-refractivity contribution in [2.24, 2.45) is 0 Å². The summed E-state index contributed by atoms with van der Waals surface area (Å²) in [6.07, 6.45) is 0. The van der Waals surface area contributed by atoms with Gasteiger partial charge in [0, 0.05) is 24.5 Å². The summed E-state index contributed by atoms with van der Waals surface area (Å²) >= 11 is 1.45. The number of hydrogen-bond donors (Lipinski definition) is 1. The molecule has 0 aliphatic rings. The van der Waals surface area contributed by atoms with Crippen LogP contribution in [0.2, 0.25) is 0 Å². The number of nitrogens with one attached hydrogen (secondary N) is 1. The van der Waals surface area contributed by atoms with Gasteiger partial charge in [-0.25, -0.2) is 14.8 Å². The highest BCUT2D eigenvalue weighted by Gasteiger charge is 2.17. The zero-order valence-electron chi connectivity index (χ0n) is 16.1. The maximum absolute atomic E-state index is 12.5. The lowest BCUT2D eigenvalue weighted by atomic mass is 10.1. The minimum atomic E-state index is -0.578. The lowest BCUT2D eigenvalue weighted by molar-refractivity contribution is 0.0602. The number of aryl methyl sites for hydroxylation is 1. The SMILES string of the molecule is COC(=O)c1cc(C)nc2nc(SCCN(C)Cc3ccccc3)[nH]c(=O)c12. The fourth-order valence-electron chi connectivity index (χ4n) is 2.86. The van der Waals surface area contributed by atoms with Crippen LogP contribution in [0.1, 0.15) is 21.6 Å². The summed E-state index contributed by atoms with van der Waals surface area (Å²) in [4.78, 5) is 38.2. The van der Waals surface area contributed by atoms with Gasteiger partial charge in [-0.2, -0.15) is 0 Å². The van der Waals surface area contributed by atoms with E-state index in [1.165, 1.54) is 30.5 Å². The molecule has 0 atom stereocenters. The number of pyridine rings is 1. The Morgan fingerprint density at radius 3 is 2.71 bits per heavy atom. The normalized spacial score (nSPS) is 11.1. The van der Waals surface area contributed by atoms with Crippen molar-refractivity contribution < 1.29 is 9.53 Å². The van der Waals surface area contributed by atoms with Crippen LogP contribution in [0, 0.1) is 6.92 Å². The fourth-order valence-corrected chi connectivity index (χ4v) is 3.77. The van der Waals surface area contributed by atoms with Crippen molar-refractivity contribution >= 4 is 28.8 Å². The molecule has 0 saturated carbocycles. The third-order valence-corrected chi connectivity index (χ3v) is 5.05. The van der Waals surface area contributed by atoms with E-state index in [4.69, 9.17) is 4.74 Å². The summed E-state index contributed by atoms with van der Waals surface area (Å²) < 4.78 is 4.77. The predicted molar refractivity (Wildman–Crippen MR) is 110 cm³/mol. The summed E-state index contributed by atoms with van der Waals surface area (Å²) in [5, 5.41) is 0.641. The van der Waals surface area contributed by atoms with Gasteiger partial charge in [-0.05, 0) is 25.6 Å². The first kappa shape index (κ1) is 20.0. The lowest BCUT2D eigenvalue weighted by Gasteiger charge is -2.16. The quantitative estimate of drug-likeness (QED) is 0.372. The van der Waals surface area contributed by atoms with Gasteiger partial charge in [-0.1, -0.05) is 42.1 Å². The second-order valence-electron chi connectivity index (χ2n) is 6.44. The number of nitrogens with zero attached hydrogens (tertiary/aromatic N) is 3. The Labute approximate surface area is 167 Å². The first-order chi connectivity index (χ1) is 13.5. The summed E-state index contributed by atoms with van der Waals surface area (Å²) in [5.74, 6) is 0.179. The largest absolute Gasteiger partial charge is 0.465 e. The lowest BCUT2D eigenvalue weighted by Crippen LogP contribution is -2.21. The molecule has 1 N–H and O–H groups in total. The first-order valence-corrected chi connectivity index (χ1v) is 9.81. The maximum Gasteiger partial charge on any atom is 0.338 e. The molecular formula is C20H22N4O3S. The third-order valence-electron chi connectivity index (χ3n) is 4.20. The van der Waals surface area contributed by atoms with Gasteiger partial charge in [0.25, 0.3) is 5.56 Å². The molecule has 146 valence electrons. The first-order valence-electron chi connectivity index (χ1n) is 8.83. The van der Waals surface area contributed by atoms with E-state index in [2.05, 4.69) is 39.0 Å². The van der Waals surface area contributed by atoms with E-state index in [-0.39, 0.29) is 16.6 Å². The van der Waals surface area contributed by atoms with Crippen molar-refractivity contribution in [1.82, 2.24) is 19.9 Å². The van der Waals surface area contributed by atoms with Gasteiger partial charge in [-0.3, -0.25) is 4.79 Å². The molecule has 2 heterocycles. The number of aromatic amines is 1. The highest BCUT2D eigenvalue weighted by molar-refractivity contribution is 7.99. The number of methoxy groups -OCH3 is 1. The number of H-pyrrole nitrogens is 1. The monoisotopic (exact) mass is 398 g/mol. The minimum absolute atomic E-state index is 0.156. The van der Waals surface area contributed by atoms with E-state index < -0.39 is 11.5 Å².